The van der Waals surface area contributed by atoms with Crippen LogP contribution in [0.15, 0.2) is 24.3 Å². The van der Waals surface area contributed by atoms with Gasteiger partial charge in [-0.2, -0.15) is 0 Å². The average Bonchev–Trinajstić information content (AvgIpc) is 2.35. The summed E-state index contributed by atoms with van der Waals surface area (Å²) in [5, 5.41) is 19.2. The second kappa shape index (κ2) is 6.12. The molecule has 0 heterocycles. The van der Waals surface area contributed by atoms with Crippen molar-refractivity contribution in [1.82, 2.24) is 0 Å². The van der Waals surface area contributed by atoms with Crippen LogP contribution in [0.4, 0.5) is 4.39 Å². The summed E-state index contributed by atoms with van der Waals surface area (Å²) in [6, 6.07) is 6.14. The van der Waals surface area contributed by atoms with E-state index in [4.69, 9.17) is 0 Å². The molecule has 17 heavy (non-hydrogen) atoms. The van der Waals surface area contributed by atoms with Crippen molar-refractivity contribution >= 4 is 0 Å². The summed E-state index contributed by atoms with van der Waals surface area (Å²) >= 11 is 0. The third-order valence-corrected chi connectivity index (χ3v) is 3.48. The summed E-state index contributed by atoms with van der Waals surface area (Å²) in [5.41, 5.74) is -0.0693. The van der Waals surface area contributed by atoms with Crippen LogP contribution in [0.5, 0.6) is 0 Å². The molecular formula is C14H21FO2. The highest BCUT2D eigenvalue weighted by Gasteiger charge is 2.32. The van der Waals surface area contributed by atoms with E-state index in [2.05, 4.69) is 13.8 Å². The van der Waals surface area contributed by atoms with Gasteiger partial charge in [0.25, 0.3) is 0 Å². The van der Waals surface area contributed by atoms with Crippen molar-refractivity contribution in [2.45, 2.75) is 32.1 Å². The van der Waals surface area contributed by atoms with Crippen molar-refractivity contribution in [3.63, 3.8) is 0 Å². The molecule has 0 saturated carbocycles. The normalized spacial score (nSPS) is 13.7. The molecule has 3 heteroatoms. The van der Waals surface area contributed by atoms with Crippen LogP contribution in [0, 0.1) is 11.7 Å². The standard InChI is InChI=1S/C14H21FO2/c1-3-11(2)8-14(9-16,10-17)12-5-4-6-13(15)7-12/h4-7,11,16-17H,3,8-10H2,1-2H3. The Labute approximate surface area is 102 Å². The number of aliphatic hydroxyl groups is 2. The molecule has 2 N–H and O–H groups in total. The van der Waals surface area contributed by atoms with E-state index < -0.39 is 5.41 Å². The number of hydrogen-bond donors (Lipinski definition) is 2. The maximum absolute atomic E-state index is 13.2. The van der Waals surface area contributed by atoms with Gasteiger partial charge in [0.1, 0.15) is 5.82 Å². The summed E-state index contributed by atoms with van der Waals surface area (Å²) in [5.74, 6) is 0.0375. The fourth-order valence-corrected chi connectivity index (χ4v) is 2.11. The Morgan fingerprint density at radius 1 is 1.29 bits per heavy atom. The maximum Gasteiger partial charge on any atom is 0.123 e. The number of aliphatic hydroxyl groups excluding tert-OH is 2. The fraction of sp³-hybridized carbons (Fsp3) is 0.571. The van der Waals surface area contributed by atoms with E-state index in [1.54, 1.807) is 12.1 Å². The molecule has 96 valence electrons. The predicted octanol–water partition coefficient (Wildman–Crippen LogP) is 2.48. The van der Waals surface area contributed by atoms with Gasteiger partial charge in [0.2, 0.25) is 0 Å². The molecule has 0 spiro atoms. The van der Waals surface area contributed by atoms with Crippen molar-refractivity contribution in [2.24, 2.45) is 5.92 Å². The summed E-state index contributed by atoms with van der Waals surface area (Å²) in [6.45, 7) is 3.80. The van der Waals surface area contributed by atoms with Crippen LogP contribution in [-0.4, -0.2) is 23.4 Å². The van der Waals surface area contributed by atoms with Gasteiger partial charge in [-0.05, 0) is 30.0 Å². The monoisotopic (exact) mass is 240 g/mol. The zero-order valence-corrected chi connectivity index (χ0v) is 10.5. The highest BCUT2D eigenvalue weighted by molar-refractivity contribution is 5.26. The Morgan fingerprint density at radius 3 is 2.41 bits per heavy atom. The van der Waals surface area contributed by atoms with Crippen molar-refractivity contribution < 1.29 is 14.6 Å². The van der Waals surface area contributed by atoms with Crippen LogP contribution in [0.2, 0.25) is 0 Å². The minimum atomic E-state index is -0.739. The molecule has 0 aromatic heterocycles. The SMILES string of the molecule is CCC(C)CC(CO)(CO)c1cccc(F)c1. The number of rotatable bonds is 6. The molecule has 0 amide bonds. The highest BCUT2D eigenvalue weighted by atomic mass is 19.1. The first-order chi connectivity index (χ1) is 8.07. The Morgan fingerprint density at radius 2 is 1.94 bits per heavy atom. The van der Waals surface area contributed by atoms with Crippen molar-refractivity contribution in [3.8, 4) is 0 Å². The summed E-state index contributed by atoms with van der Waals surface area (Å²) < 4.78 is 13.2. The third kappa shape index (κ3) is 3.27. The second-order valence-corrected chi connectivity index (χ2v) is 4.82. The molecule has 0 bridgehead atoms. The lowest BCUT2D eigenvalue weighted by Crippen LogP contribution is -2.36. The first kappa shape index (κ1) is 14.1. The lowest BCUT2D eigenvalue weighted by atomic mass is 9.74. The highest BCUT2D eigenvalue weighted by Crippen LogP contribution is 2.32. The lowest BCUT2D eigenvalue weighted by molar-refractivity contribution is 0.0962. The van der Waals surface area contributed by atoms with Gasteiger partial charge >= 0.3 is 0 Å². The molecule has 1 atom stereocenters. The largest absolute Gasteiger partial charge is 0.395 e. The summed E-state index contributed by atoms with van der Waals surface area (Å²) in [7, 11) is 0. The zero-order chi connectivity index (χ0) is 12.9. The molecule has 0 aliphatic heterocycles. The third-order valence-electron chi connectivity index (χ3n) is 3.48. The molecule has 1 unspecified atom stereocenters. The van der Waals surface area contributed by atoms with Crippen molar-refractivity contribution in [2.75, 3.05) is 13.2 Å². The Bertz CT molecular complexity index is 348. The van der Waals surface area contributed by atoms with Crippen LogP contribution >= 0.6 is 0 Å². The molecule has 0 saturated heterocycles. The molecule has 0 fully saturated rings. The smallest absolute Gasteiger partial charge is 0.123 e. The Hall–Kier alpha value is -0.930. The minimum absolute atomic E-state index is 0.169. The summed E-state index contributed by atoms with van der Waals surface area (Å²) in [4.78, 5) is 0. The van der Waals surface area contributed by atoms with Crippen LogP contribution in [0.1, 0.15) is 32.3 Å². The summed E-state index contributed by atoms with van der Waals surface area (Å²) in [6.07, 6.45) is 1.62. The van der Waals surface area contributed by atoms with E-state index in [1.807, 2.05) is 0 Å². The molecule has 1 aromatic carbocycles. The molecule has 0 aliphatic rings. The van der Waals surface area contributed by atoms with Gasteiger partial charge in [0, 0.05) is 5.41 Å². The van der Waals surface area contributed by atoms with E-state index in [1.165, 1.54) is 12.1 Å². The molecule has 0 radical (unpaired) electrons. The van der Waals surface area contributed by atoms with Crippen LogP contribution in [-0.2, 0) is 5.41 Å². The number of hydrogen-bond acceptors (Lipinski definition) is 2. The number of benzene rings is 1. The van der Waals surface area contributed by atoms with Gasteiger partial charge in [-0.25, -0.2) is 4.39 Å². The Balaban J connectivity index is 3.06. The van der Waals surface area contributed by atoms with E-state index in [0.29, 0.717) is 17.9 Å². The van der Waals surface area contributed by atoms with Crippen LogP contribution < -0.4 is 0 Å². The molecule has 1 rings (SSSR count). The van der Waals surface area contributed by atoms with Gasteiger partial charge in [-0.3, -0.25) is 0 Å². The zero-order valence-electron chi connectivity index (χ0n) is 10.5. The minimum Gasteiger partial charge on any atom is -0.395 e. The molecule has 0 aliphatic carbocycles. The second-order valence-electron chi connectivity index (χ2n) is 4.82. The first-order valence-electron chi connectivity index (χ1n) is 6.05. The molecule has 2 nitrogen and oxygen atoms in total. The van der Waals surface area contributed by atoms with Gasteiger partial charge in [0.15, 0.2) is 0 Å². The first-order valence-corrected chi connectivity index (χ1v) is 6.05. The Kier molecular flexibility index (Phi) is 5.09. The van der Waals surface area contributed by atoms with Crippen molar-refractivity contribution in [1.29, 1.82) is 0 Å². The average molecular weight is 240 g/mol. The van der Waals surface area contributed by atoms with Crippen LogP contribution in [0.3, 0.4) is 0 Å². The van der Waals surface area contributed by atoms with E-state index in [0.717, 1.165) is 6.42 Å². The van der Waals surface area contributed by atoms with Gasteiger partial charge in [-0.15, -0.1) is 0 Å². The maximum atomic E-state index is 13.2. The fourth-order valence-electron chi connectivity index (χ4n) is 2.11. The topological polar surface area (TPSA) is 40.5 Å². The van der Waals surface area contributed by atoms with E-state index >= 15 is 0 Å². The molecular weight excluding hydrogens is 219 g/mol. The number of halogens is 1. The molecule has 1 aromatic rings. The predicted molar refractivity (Wildman–Crippen MR) is 66.3 cm³/mol. The van der Waals surface area contributed by atoms with E-state index in [9.17, 15) is 14.6 Å². The van der Waals surface area contributed by atoms with Gasteiger partial charge in [-0.1, -0.05) is 32.4 Å². The quantitative estimate of drug-likeness (QED) is 0.802. The van der Waals surface area contributed by atoms with Gasteiger partial charge in [0.05, 0.1) is 13.2 Å². The lowest BCUT2D eigenvalue weighted by Gasteiger charge is -2.33. The van der Waals surface area contributed by atoms with Gasteiger partial charge < -0.3 is 10.2 Å². The van der Waals surface area contributed by atoms with E-state index in [-0.39, 0.29) is 19.0 Å². The van der Waals surface area contributed by atoms with Crippen LogP contribution in [0.25, 0.3) is 0 Å². The van der Waals surface area contributed by atoms with Crippen molar-refractivity contribution in [3.05, 3.63) is 35.6 Å².